The molecule has 130 valence electrons. The lowest BCUT2D eigenvalue weighted by Crippen LogP contribution is -2.39. The molecule has 1 aromatic rings. The first kappa shape index (κ1) is 19.6. The van der Waals surface area contributed by atoms with Crippen LogP contribution in [0.2, 0.25) is 0 Å². The van der Waals surface area contributed by atoms with E-state index in [4.69, 9.17) is 9.47 Å². The highest BCUT2D eigenvalue weighted by Gasteiger charge is 2.25. The Labute approximate surface area is 144 Å². The number of nitrogens with one attached hydrogen (secondary N) is 1. The van der Waals surface area contributed by atoms with Crippen LogP contribution in [0, 0.1) is 5.92 Å². The number of halogens is 1. The van der Waals surface area contributed by atoms with E-state index in [1.54, 1.807) is 32.4 Å². The van der Waals surface area contributed by atoms with Gasteiger partial charge in [0.05, 0.1) is 19.8 Å². The summed E-state index contributed by atoms with van der Waals surface area (Å²) in [5.74, 6) is 2.03. The lowest BCUT2D eigenvalue weighted by atomic mass is 9.93. The van der Waals surface area contributed by atoms with Crippen LogP contribution < -0.4 is 14.8 Å². The first-order chi connectivity index (χ1) is 10.7. The van der Waals surface area contributed by atoms with Crippen LogP contribution >= 0.6 is 12.4 Å². The van der Waals surface area contributed by atoms with Gasteiger partial charge in [-0.25, -0.2) is 0 Å². The first-order valence-corrected chi connectivity index (χ1v) is 7.85. The summed E-state index contributed by atoms with van der Waals surface area (Å²) in [6.45, 7) is 2.69. The predicted octanol–water partition coefficient (Wildman–Crippen LogP) is 2.59. The van der Waals surface area contributed by atoms with Crippen LogP contribution in [0.15, 0.2) is 18.2 Å². The smallest absolute Gasteiger partial charge is 0.257 e. The van der Waals surface area contributed by atoms with Crippen LogP contribution in [0.1, 0.15) is 29.6 Å². The van der Waals surface area contributed by atoms with Gasteiger partial charge in [0.2, 0.25) is 0 Å². The molecule has 1 amide bonds. The quantitative estimate of drug-likeness (QED) is 0.863. The number of methoxy groups -OCH3 is 2. The zero-order valence-corrected chi connectivity index (χ0v) is 14.9. The molecule has 1 fully saturated rings. The number of ether oxygens (including phenoxy) is 2. The number of benzene rings is 1. The summed E-state index contributed by atoms with van der Waals surface area (Å²) in [7, 11) is 5.16. The van der Waals surface area contributed by atoms with E-state index in [2.05, 4.69) is 5.32 Å². The Morgan fingerprint density at radius 3 is 2.52 bits per heavy atom. The Bertz CT molecular complexity index is 503. The third-order valence-corrected chi connectivity index (χ3v) is 4.34. The highest BCUT2D eigenvalue weighted by molar-refractivity contribution is 5.97. The van der Waals surface area contributed by atoms with Gasteiger partial charge in [-0.15, -0.1) is 12.4 Å². The number of amides is 1. The Balaban J connectivity index is 0.00000264. The second-order valence-electron chi connectivity index (χ2n) is 5.69. The monoisotopic (exact) mass is 342 g/mol. The van der Waals surface area contributed by atoms with Crippen molar-refractivity contribution < 1.29 is 14.3 Å². The van der Waals surface area contributed by atoms with Crippen molar-refractivity contribution in [2.45, 2.75) is 19.3 Å². The number of hydrogen-bond donors (Lipinski definition) is 1. The molecule has 0 aromatic heterocycles. The Hall–Kier alpha value is -1.46. The molecule has 2 rings (SSSR count). The van der Waals surface area contributed by atoms with Crippen molar-refractivity contribution in [3.8, 4) is 11.5 Å². The molecule has 0 radical (unpaired) electrons. The molecular weight excluding hydrogens is 316 g/mol. The van der Waals surface area contributed by atoms with E-state index >= 15 is 0 Å². The van der Waals surface area contributed by atoms with Crippen LogP contribution in [0.4, 0.5) is 0 Å². The standard InChI is InChI=1S/C17H26N2O3.ClH/c1-18-9-6-13-7-10-19(11-8-13)17(20)15-5-4-14(21-2)12-16(15)22-3;/h4-5,12-13,18H,6-11H2,1-3H3;1H. The topological polar surface area (TPSA) is 50.8 Å². The summed E-state index contributed by atoms with van der Waals surface area (Å²) in [5, 5.41) is 3.19. The summed E-state index contributed by atoms with van der Waals surface area (Å²) in [5.41, 5.74) is 0.608. The molecule has 0 unspecified atom stereocenters. The van der Waals surface area contributed by atoms with E-state index in [1.807, 2.05) is 11.9 Å². The van der Waals surface area contributed by atoms with Crippen molar-refractivity contribution in [2.24, 2.45) is 5.92 Å². The van der Waals surface area contributed by atoms with E-state index < -0.39 is 0 Å². The minimum absolute atomic E-state index is 0. The van der Waals surface area contributed by atoms with Gasteiger partial charge in [-0.05, 0) is 50.9 Å². The van der Waals surface area contributed by atoms with Crippen molar-refractivity contribution in [1.82, 2.24) is 10.2 Å². The molecule has 1 aliphatic heterocycles. The fourth-order valence-electron chi connectivity index (χ4n) is 2.92. The average Bonchev–Trinajstić information content (AvgIpc) is 2.59. The summed E-state index contributed by atoms with van der Waals surface area (Å²) in [6, 6.07) is 5.34. The molecule has 0 spiro atoms. The van der Waals surface area contributed by atoms with E-state index in [0.717, 1.165) is 32.5 Å². The molecule has 1 saturated heterocycles. The van der Waals surface area contributed by atoms with E-state index in [1.165, 1.54) is 6.42 Å². The molecule has 5 nitrogen and oxygen atoms in total. The molecule has 1 aromatic carbocycles. The number of likely N-dealkylation sites (tertiary alicyclic amines) is 1. The molecule has 0 bridgehead atoms. The average molecular weight is 343 g/mol. The molecule has 0 atom stereocenters. The second-order valence-corrected chi connectivity index (χ2v) is 5.69. The summed E-state index contributed by atoms with van der Waals surface area (Å²) in [6.07, 6.45) is 3.34. The molecule has 0 aliphatic carbocycles. The van der Waals surface area contributed by atoms with Crippen LogP contribution in [0.3, 0.4) is 0 Å². The summed E-state index contributed by atoms with van der Waals surface area (Å²) < 4.78 is 10.5. The zero-order valence-electron chi connectivity index (χ0n) is 14.1. The van der Waals surface area contributed by atoms with Crippen LogP contribution in [-0.2, 0) is 0 Å². The number of hydrogen-bond acceptors (Lipinski definition) is 4. The van der Waals surface area contributed by atoms with E-state index in [9.17, 15) is 4.79 Å². The van der Waals surface area contributed by atoms with Gasteiger partial charge in [-0.1, -0.05) is 0 Å². The maximum Gasteiger partial charge on any atom is 0.257 e. The number of nitrogens with zero attached hydrogens (tertiary/aromatic N) is 1. The van der Waals surface area contributed by atoms with Crippen molar-refractivity contribution in [3.63, 3.8) is 0 Å². The molecule has 23 heavy (non-hydrogen) atoms. The zero-order chi connectivity index (χ0) is 15.9. The van der Waals surface area contributed by atoms with Crippen molar-refractivity contribution in [3.05, 3.63) is 23.8 Å². The lowest BCUT2D eigenvalue weighted by molar-refractivity contribution is 0.0683. The second kappa shape index (κ2) is 9.63. The Morgan fingerprint density at radius 1 is 1.26 bits per heavy atom. The third-order valence-electron chi connectivity index (χ3n) is 4.34. The Kier molecular flexibility index (Phi) is 8.20. The van der Waals surface area contributed by atoms with Gasteiger partial charge in [0.25, 0.3) is 5.91 Å². The highest BCUT2D eigenvalue weighted by atomic mass is 35.5. The van der Waals surface area contributed by atoms with Crippen molar-refractivity contribution in [2.75, 3.05) is 40.9 Å². The SMILES string of the molecule is CNCCC1CCN(C(=O)c2ccc(OC)cc2OC)CC1.Cl. The largest absolute Gasteiger partial charge is 0.497 e. The lowest BCUT2D eigenvalue weighted by Gasteiger charge is -2.32. The minimum Gasteiger partial charge on any atom is -0.497 e. The van der Waals surface area contributed by atoms with Gasteiger partial charge < -0.3 is 19.7 Å². The minimum atomic E-state index is 0. The molecule has 6 heteroatoms. The van der Waals surface area contributed by atoms with Gasteiger partial charge >= 0.3 is 0 Å². The highest BCUT2D eigenvalue weighted by Crippen LogP contribution is 2.28. The van der Waals surface area contributed by atoms with Crippen LogP contribution in [-0.4, -0.2) is 51.7 Å². The summed E-state index contributed by atoms with van der Waals surface area (Å²) >= 11 is 0. The molecule has 1 aliphatic rings. The van der Waals surface area contributed by atoms with Crippen molar-refractivity contribution in [1.29, 1.82) is 0 Å². The molecule has 1 heterocycles. The molecule has 0 saturated carbocycles. The number of carbonyl (C=O) groups is 1. The predicted molar refractivity (Wildman–Crippen MR) is 94.0 cm³/mol. The maximum absolute atomic E-state index is 12.7. The molecule has 1 N–H and O–H groups in total. The van der Waals surface area contributed by atoms with Gasteiger partial charge in [-0.2, -0.15) is 0 Å². The van der Waals surface area contributed by atoms with Gasteiger partial charge in [0.1, 0.15) is 11.5 Å². The number of piperidine rings is 1. The van der Waals surface area contributed by atoms with E-state index in [0.29, 0.717) is 23.0 Å². The van der Waals surface area contributed by atoms with E-state index in [-0.39, 0.29) is 18.3 Å². The van der Waals surface area contributed by atoms with Gasteiger partial charge in [-0.3, -0.25) is 4.79 Å². The number of rotatable bonds is 6. The molecular formula is C17H27ClN2O3. The van der Waals surface area contributed by atoms with Gasteiger partial charge in [0.15, 0.2) is 0 Å². The first-order valence-electron chi connectivity index (χ1n) is 7.85. The summed E-state index contributed by atoms with van der Waals surface area (Å²) in [4.78, 5) is 14.6. The maximum atomic E-state index is 12.7. The van der Waals surface area contributed by atoms with Gasteiger partial charge in [0, 0.05) is 19.2 Å². The van der Waals surface area contributed by atoms with Crippen LogP contribution in [0.25, 0.3) is 0 Å². The fraction of sp³-hybridized carbons (Fsp3) is 0.588. The van der Waals surface area contributed by atoms with Crippen molar-refractivity contribution >= 4 is 18.3 Å². The van der Waals surface area contributed by atoms with Crippen LogP contribution in [0.5, 0.6) is 11.5 Å². The normalized spacial score (nSPS) is 15.0. The Morgan fingerprint density at radius 2 is 1.96 bits per heavy atom. The fourth-order valence-corrected chi connectivity index (χ4v) is 2.92. The third kappa shape index (κ3) is 5.01. The number of carbonyl (C=O) groups excluding carboxylic acids is 1.